The molecule has 186 valence electrons. The van der Waals surface area contributed by atoms with Crippen LogP contribution < -0.4 is 0 Å². The Kier molecular flexibility index (Phi) is 10.5. The molecule has 4 rings (SSSR count). The monoisotopic (exact) mass is 536 g/mol. The molecule has 2 saturated carbocycles. The van der Waals surface area contributed by atoms with E-state index in [2.05, 4.69) is 4.98 Å². The van der Waals surface area contributed by atoms with Crippen LogP contribution in [0.1, 0.15) is 22.9 Å². The Labute approximate surface area is 212 Å². The van der Waals surface area contributed by atoms with Crippen LogP contribution in [0.25, 0.3) is 10.9 Å². The van der Waals surface area contributed by atoms with Crippen LogP contribution in [0.5, 0.6) is 0 Å². The van der Waals surface area contributed by atoms with E-state index in [0.717, 1.165) is 6.07 Å². The van der Waals surface area contributed by atoms with Gasteiger partial charge in [-0.2, -0.15) is 26.3 Å². The van der Waals surface area contributed by atoms with E-state index in [1.807, 2.05) is 32.1 Å². The number of aromatic nitrogens is 1. The number of aliphatic hydroxyl groups is 1. The number of alkyl halides is 6. The van der Waals surface area contributed by atoms with E-state index in [4.69, 9.17) is 0 Å². The van der Waals surface area contributed by atoms with Gasteiger partial charge in [0.05, 0.1) is 17.2 Å². The minimum Gasteiger partial charge on any atom is -0.388 e. The maximum atomic E-state index is 13.4. The first-order valence-electron chi connectivity index (χ1n) is 10.2. The zero-order chi connectivity index (χ0) is 25.1. The third-order valence-electron chi connectivity index (χ3n) is 5.04. The number of para-hydroxylation sites is 1. The predicted molar refractivity (Wildman–Crippen MR) is 116 cm³/mol. The molecule has 0 bridgehead atoms. The third kappa shape index (κ3) is 7.57. The topological polar surface area (TPSA) is 36.4 Å². The maximum Gasteiger partial charge on any atom is 2.00 e. The van der Waals surface area contributed by atoms with Gasteiger partial charge in [0, 0.05) is 23.8 Å². The summed E-state index contributed by atoms with van der Waals surface area (Å²) in [5, 5.41) is 10.7. The van der Waals surface area contributed by atoms with E-state index in [1.54, 1.807) is 31.8 Å². The summed E-state index contributed by atoms with van der Waals surface area (Å²) in [6.45, 7) is 0.405. The molecule has 10 radical (unpaired) electrons. The Morgan fingerprint density at radius 1 is 0.886 bits per heavy atom. The molecule has 2 aliphatic rings. The average Bonchev–Trinajstić information content (AvgIpc) is 3.45. The van der Waals surface area contributed by atoms with Crippen LogP contribution in [0.2, 0.25) is 0 Å². The van der Waals surface area contributed by atoms with Gasteiger partial charge in [-0.15, -0.1) is 0 Å². The van der Waals surface area contributed by atoms with Crippen molar-refractivity contribution >= 4 is 10.9 Å². The van der Waals surface area contributed by atoms with Crippen LogP contribution in [-0.2, 0) is 29.4 Å². The molecule has 1 aromatic heterocycles. The molecule has 0 amide bonds. The van der Waals surface area contributed by atoms with Crippen molar-refractivity contribution < 1.29 is 48.5 Å². The van der Waals surface area contributed by atoms with Crippen molar-refractivity contribution in [1.82, 2.24) is 9.88 Å². The van der Waals surface area contributed by atoms with Gasteiger partial charge in [0.1, 0.15) is 5.69 Å². The number of halogens is 6. The van der Waals surface area contributed by atoms with Crippen molar-refractivity contribution in [3.8, 4) is 0 Å². The fourth-order valence-corrected chi connectivity index (χ4v) is 3.59. The Bertz CT molecular complexity index is 952. The summed E-state index contributed by atoms with van der Waals surface area (Å²) in [6, 6.07) is 3.60. The first kappa shape index (κ1) is 29.9. The Morgan fingerprint density at radius 3 is 2.00 bits per heavy atom. The molecule has 35 heavy (non-hydrogen) atoms. The van der Waals surface area contributed by atoms with Crippen molar-refractivity contribution in [2.45, 2.75) is 18.5 Å². The summed E-state index contributed by atoms with van der Waals surface area (Å²) < 4.78 is 80.2. The van der Waals surface area contributed by atoms with Crippen LogP contribution in [0.3, 0.4) is 0 Å². The van der Waals surface area contributed by atoms with Gasteiger partial charge in [-0.1, -0.05) is 12.1 Å². The van der Waals surface area contributed by atoms with Gasteiger partial charge in [0.25, 0.3) is 0 Å². The number of hydrogen-bond donors (Lipinski definition) is 1. The molecule has 2 fully saturated rings. The van der Waals surface area contributed by atoms with Gasteiger partial charge >= 0.3 is 29.4 Å². The number of pyridine rings is 1. The van der Waals surface area contributed by atoms with Crippen LogP contribution >= 0.6 is 0 Å². The molecule has 2 aromatic rings. The van der Waals surface area contributed by atoms with Crippen LogP contribution in [0, 0.1) is 63.2 Å². The molecule has 10 heteroatoms. The smallest absolute Gasteiger partial charge is 0.388 e. The first-order valence-corrected chi connectivity index (χ1v) is 10.2. The quantitative estimate of drug-likeness (QED) is 0.405. The summed E-state index contributed by atoms with van der Waals surface area (Å²) in [5.41, 5.74) is -3.90. The molecule has 0 saturated heterocycles. The van der Waals surface area contributed by atoms with Crippen LogP contribution in [0.15, 0.2) is 24.3 Å². The summed E-state index contributed by atoms with van der Waals surface area (Å²) in [5.74, 6) is 0.990. The van der Waals surface area contributed by atoms with E-state index in [0.29, 0.717) is 30.5 Å². The molecule has 0 unspecified atom stereocenters. The molecular formula is C25H22F6FeN2O+2. The zero-order valence-corrected chi connectivity index (χ0v) is 19.8. The minimum atomic E-state index is -4.97. The van der Waals surface area contributed by atoms with Gasteiger partial charge < -0.3 is 10.0 Å². The SMILES string of the molecule is CN(C)C[C]1[CH][CH][CH][C]1[C@@H](O)c1cc(C(F)(F)F)nc2c(C(F)(F)F)cccc12.[CH]1[CH][CH][CH][CH]1.[Fe+2]. The Morgan fingerprint density at radius 2 is 1.49 bits per heavy atom. The van der Waals surface area contributed by atoms with E-state index in [1.165, 1.54) is 12.5 Å². The molecule has 0 aliphatic heterocycles. The number of aliphatic hydroxyl groups excluding tert-OH is 1. The molecule has 3 nitrogen and oxygen atoms in total. The van der Waals surface area contributed by atoms with Crippen molar-refractivity contribution in [2.24, 2.45) is 0 Å². The number of rotatable bonds is 4. The van der Waals surface area contributed by atoms with Gasteiger partial charge in [-0.25, -0.2) is 4.98 Å². The predicted octanol–water partition coefficient (Wildman–Crippen LogP) is 5.66. The second-order valence-corrected chi connectivity index (χ2v) is 7.90. The molecule has 1 atom stereocenters. The molecule has 1 aromatic carbocycles. The van der Waals surface area contributed by atoms with Crippen molar-refractivity contribution in [2.75, 3.05) is 20.6 Å². The van der Waals surface area contributed by atoms with Crippen LogP contribution in [0.4, 0.5) is 26.3 Å². The Balaban J connectivity index is 0.000000640. The first-order chi connectivity index (χ1) is 15.9. The van der Waals surface area contributed by atoms with Gasteiger partial charge in [0.2, 0.25) is 0 Å². The molecule has 0 spiro atoms. The largest absolute Gasteiger partial charge is 2.00 e. The van der Waals surface area contributed by atoms with Crippen LogP contribution in [-0.4, -0.2) is 35.6 Å². The summed E-state index contributed by atoms with van der Waals surface area (Å²) in [4.78, 5) is 5.05. The number of benzene rings is 1. The Hall–Kier alpha value is -1.35. The number of fused-ring (bicyclic) bond motifs is 1. The maximum absolute atomic E-state index is 13.4. The third-order valence-corrected chi connectivity index (χ3v) is 5.04. The number of nitrogens with zero attached hydrogens (tertiary/aromatic N) is 2. The fraction of sp³-hybridized carbons (Fsp3) is 0.240. The molecule has 2 aliphatic carbocycles. The van der Waals surface area contributed by atoms with E-state index < -0.39 is 35.2 Å². The van der Waals surface area contributed by atoms with Gasteiger partial charge in [0.15, 0.2) is 0 Å². The second-order valence-electron chi connectivity index (χ2n) is 7.90. The molecule has 1 N–H and O–H groups in total. The van der Waals surface area contributed by atoms with E-state index >= 15 is 0 Å². The summed E-state index contributed by atoms with van der Waals surface area (Å²) in [6.07, 6.45) is 3.46. The van der Waals surface area contributed by atoms with Gasteiger partial charge in [-0.05, 0) is 83.2 Å². The zero-order valence-electron chi connectivity index (χ0n) is 18.7. The standard InChI is InChI=1S/C20H17F6N2O.C5H5.Fe/c1-28(2)10-11-5-3-6-12(11)18(29)14-9-16(20(24,25)26)27-17-13(14)7-4-8-15(17)19(21,22)23;1-2-4-5-3-1;/h3-9,18,29H,10H2,1-2H3;1-5H;/q;;+2/t18-;;/m1../s1. The van der Waals surface area contributed by atoms with Crippen molar-refractivity contribution in [1.29, 1.82) is 0 Å². The van der Waals surface area contributed by atoms with Crippen molar-refractivity contribution in [3.05, 3.63) is 104 Å². The van der Waals surface area contributed by atoms with Crippen molar-refractivity contribution in [3.63, 3.8) is 0 Å². The summed E-state index contributed by atoms with van der Waals surface area (Å²) in [7, 11) is 3.56. The molecule has 1 heterocycles. The number of hydrogen-bond acceptors (Lipinski definition) is 3. The molecular weight excluding hydrogens is 514 g/mol. The minimum absolute atomic E-state index is 0. The average molecular weight is 536 g/mol. The van der Waals surface area contributed by atoms with E-state index in [9.17, 15) is 31.4 Å². The van der Waals surface area contributed by atoms with Gasteiger partial charge in [-0.3, -0.25) is 0 Å². The second kappa shape index (κ2) is 12.3. The normalized spacial score (nSPS) is 18.5. The van der Waals surface area contributed by atoms with E-state index in [-0.39, 0.29) is 28.0 Å². The fourth-order valence-electron chi connectivity index (χ4n) is 3.59. The summed E-state index contributed by atoms with van der Waals surface area (Å²) >= 11 is 0.